The van der Waals surface area contributed by atoms with E-state index < -0.39 is 15.9 Å². The van der Waals surface area contributed by atoms with Crippen molar-refractivity contribution < 1.29 is 27.5 Å². The Balaban J connectivity index is 1.73. The van der Waals surface area contributed by atoms with Crippen LogP contribution in [-0.2, 0) is 26.0 Å². The van der Waals surface area contributed by atoms with Crippen molar-refractivity contribution >= 4 is 50.1 Å². The highest BCUT2D eigenvalue weighted by Gasteiger charge is 2.17. The summed E-state index contributed by atoms with van der Waals surface area (Å²) in [6, 6.07) is 5.59. The summed E-state index contributed by atoms with van der Waals surface area (Å²) in [6.07, 6.45) is 1.65. The number of rotatable bonds is 12. The number of hydrogen-bond acceptors (Lipinski definition) is 10. The van der Waals surface area contributed by atoms with E-state index in [0.29, 0.717) is 28.8 Å². The number of nitrogens with zero attached hydrogens (tertiary/aromatic N) is 3. The van der Waals surface area contributed by atoms with Gasteiger partial charge in [0, 0.05) is 13.6 Å². The molecule has 11 nitrogen and oxygen atoms in total. The summed E-state index contributed by atoms with van der Waals surface area (Å²) >= 11 is 2.29. The van der Waals surface area contributed by atoms with Gasteiger partial charge in [-0.3, -0.25) is 14.9 Å². The summed E-state index contributed by atoms with van der Waals surface area (Å²) in [7, 11) is 0.989. The summed E-state index contributed by atoms with van der Waals surface area (Å²) in [6.45, 7) is 0.128. The summed E-state index contributed by atoms with van der Waals surface area (Å²) in [5.74, 6) is 0.732. The van der Waals surface area contributed by atoms with E-state index in [9.17, 15) is 18.0 Å². The number of carbonyl (C=O) groups excluding carboxylic acids is 2. The monoisotopic (exact) mass is 503 g/mol. The van der Waals surface area contributed by atoms with Crippen LogP contribution in [0.3, 0.4) is 0 Å². The number of hydrogen-bond donors (Lipinski definition) is 2. The maximum absolute atomic E-state index is 12.1. The first kappa shape index (κ1) is 25.8. The lowest BCUT2D eigenvalue weighted by molar-refractivity contribution is -0.118. The minimum absolute atomic E-state index is 0.144. The molecule has 0 spiro atoms. The summed E-state index contributed by atoms with van der Waals surface area (Å²) in [5, 5.41) is 13.3. The van der Waals surface area contributed by atoms with Gasteiger partial charge in [0.15, 0.2) is 15.8 Å². The van der Waals surface area contributed by atoms with Gasteiger partial charge in [-0.25, -0.2) is 8.42 Å². The maximum atomic E-state index is 12.1. The van der Waals surface area contributed by atoms with Gasteiger partial charge in [0.05, 0.1) is 32.8 Å². The minimum atomic E-state index is -3.46. The van der Waals surface area contributed by atoms with Crippen molar-refractivity contribution in [1.29, 1.82) is 0 Å². The van der Waals surface area contributed by atoms with E-state index in [1.807, 2.05) is 18.2 Å². The number of amides is 2. The van der Waals surface area contributed by atoms with E-state index in [1.54, 1.807) is 14.2 Å². The Morgan fingerprint density at radius 3 is 2.53 bits per heavy atom. The lowest BCUT2D eigenvalue weighted by Crippen LogP contribution is -2.34. The van der Waals surface area contributed by atoms with Crippen molar-refractivity contribution in [2.24, 2.45) is 0 Å². The molecule has 1 heterocycles. The molecule has 1 aromatic heterocycles. The van der Waals surface area contributed by atoms with Crippen molar-refractivity contribution in [1.82, 2.24) is 19.8 Å². The number of likely N-dealkylation sites (N-methyl/N-ethyl adjacent to an activating group) is 1. The highest BCUT2D eigenvalue weighted by atomic mass is 32.2. The second-order valence-corrected chi connectivity index (χ2v) is 10.8. The topological polar surface area (TPSA) is 140 Å². The summed E-state index contributed by atoms with van der Waals surface area (Å²) < 4.78 is 34.6. The summed E-state index contributed by atoms with van der Waals surface area (Å²) in [5.41, 5.74) is 1.00. The molecule has 14 heteroatoms. The fourth-order valence-corrected chi connectivity index (χ4v) is 4.31. The number of nitrogens with one attached hydrogen (secondary N) is 2. The van der Waals surface area contributed by atoms with E-state index in [2.05, 4.69) is 20.8 Å². The van der Waals surface area contributed by atoms with Crippen LogP contribution in [-0.4, -0.2) is 81.1 Å². The van der Waals surface area contributed by atoms with Gasteiger partial charge in [-0.1, -0.05) is 29.2 Å². The lowest BCUT2D eigenvalue weighted by atomic mass is 10.1. The zero-order chi connectivity index (χ0) is 23.7. The van der Waals surface area contributed by atoms with Crippen LogP contribution in [0.25, 0.3) is 0 Å². The second-order valence-electron chi connectivity index (χ2n) is 6.52. The molecular formula is C18H25N5O6S3. The fourth-order valence-electron chi connectivity index (χ4n) is 2.36. The second kappa shape index (κ2) is 12.0. The molecule has 0 fully saturated rings. The molecule has 2 amide bonds. The number of sulfonamides is 1. The van der Waals surface area contributed by atoms with E-state index in [4.69, 9.17) is 9.47 Å². The maximum Gasteiger partial charge on any atom is 0.241 e. The predicted molar refractivity (Wildman–Crippen MR) is 123 cm³/mol. The molecule has 0 saturated carbocycles. The molecule has 176 valence electrons. The molecule has 2 rings (SSSR count). The first-order valence-corrected chi connectivity index (χ1v) is 12.9. The molecule has 1 aromatic carbocycles. The molecule has 0 saturated heterocycles. The Morgan fingerprint density at radius 2 is 1.88 bits per heavy atom. The van der Waals surface area contributed by atoms with Crippen molar-refractivity contribution in [3.8, 4) is 11.5 Å². The van der Waals surface area contributed by atoms with Gasteiger partial charge in [0.1, 0.15) is 0 Å². The first-order valence-electron chi connectivity index (χ1n) is 9.27. The van der Waals surface area contributed by atoms with E-state index in [0.717, 1.165) is 27.5 Å². The van der Waals surface area contributed by atoms with E-state index in [-0.39, 0.29) is 23.3 Å². The molecule has 0 unspecified atom stereocenters. The predicted octanol–water partition coefficient (Wildman–Crippen LogP) is 0.836. The molecule has 0 aliphatic rings. The molecular weight excluding hydrogens is 478 g/mol. The average Bonchev–Trinajstić information content (AvgIpc) is 3.18. The van der Waals surface area contributed by atoms with Crippen LogP contribution >= 0.6 is 23.1 Å². The SMILES string of the molecule is COc1ccc(CCNC(=O)CSc2nnc(NC(=O)CN(C)S(C)(=O)=O)s2)cc1OC. The molecule has 32 heavy (non-hydrogen) atoms. The van der Waals surface area contributed by atoms with Crippen molar-refractivity contribution in [3.63, 3.8) is 0 Å². The lowest BCUT2D eigenvalue weighted by Gasteiger charge is -2.12. The van der Waals surface area contributed by atoms with Crippen LogP contribution in [0.4, 0.5) is 5.13 Å². The highest BCUT2D eigenvalue weighted by Crippen LogP contribution is 2.28. The number of ether oxygens (including phenoxy) is 2. The number of benzene rings is 1. The van der Waals surface area contributed by atoms with Crippen LogP contribution in [0.15, 0.2) is 22.5 Å². The number of carbonyl (C=O) groups is 2. The smallest absolute Gasteiger partial charge is 0.241 e. The Bertz CT molecular complexity index is 1040. The number of aromatic nitrogens is 2. The summed E-state index contributed by atoms with van der Waals surface area (Å²) in [4.78, 5) is 24.0. The molecule has 0 aliphatic heterocycles. The Morgan fingerprint density at radius 1 is 1.16 bits per heavy atom. The van der Waals surface area contributed by atoms with Crippen LogP contribution < -0.4 is 20.1 Å². The Labute approximate surface area is 194 Å². The first-order chi connectivity index (χ1) is 15.1. The molecule has 0 bridgehead atoms. The number of thioether (sulfide) groups is 1. The van der Waals surface area contributed by atoms with Crippen LogP contribution in [0.1, 0.15) is 5.56 Å². The third-order valence-electron chi connectivity index (χ3n) is 4.10. The molecule has 0 atom stereocenters. The number of methoxy groups -OCH3 is 2. The van der Waals surface area contributed by atoms with Gasteiger partial charge in [-0.15, -0.1) is 10.2 Å². The standard InChI is InChI=1S/C18H25N5O6S3/c1-23(32(4,26)27)10-15(24)20-17-21-22-18(31-17)30-11-16(25)19-8-7-12-5-6-13(28-2)14(9-12)29-3/h5-6,9H,7-8,10-11H2,1-4H3,(H,19,25)(H,20,21,24). The quantitative estimate of drug-likeness (QED) is 0.318. The third kappa shape index (κ3) is 8.26. The van der Waals surface area contributed by atoms with Gasteiger partial charge in [-0.2, -0.15) is 4.31 Å². The third-order valence-corrected chi connectivity index (χ3v) is 7.33. The Kier molecular flexibility index (Phi) is 9.68. The average molecular weight is 504 g/mol. The van der Waals surface area contributed by atoms with Gasteiger partial charge in [-0.05, 0) is 24.1 Å². The minimum Gasteiger partial charge on any atom is -0.493 e. The van der Waals surface area contributed by atoms with Gasteiger partial charge < -0.3 is 14.8 Å². The fraction of sp³-hybridized carbons (Fsp3) is 0.444. The van der Waals surface area contributed by atoms with Crippen LogP contribution in [0.2, 0.25) is 0 Å². The van der Waals surface area contributed by atoms with Gasteiger partial charge in [0.25, 0.3) is 0 Å². The van der Waals surface area contributed by atoms with Crippen LogP contribution in [0, 0.1) is 0 Å². The number of anilines is 1. The molecule has 0 aliphatic carbocycles. The van der Waals surface area contributed by atoms with E-state index >= 15 is 0 Å². The molecule has 0 radical (unpaired) electrons. The normalized spacial score (nSPS) is 11.3. The van der Waals surface area contributed by atoms with Crippen molar-refractivity contribution in [2.45, 2.75) is 10.8 Å². The highest BCUT2D eigenvalue weighted by molar-refractivity contribution is 8.01. The Hall–Kier alpha value is -2.42. The molecule has 2 N–H and O–H groups in total. The zero-order valence-electron chi connectivity index (χ0n) is 18.1. The molecule has 2 aromatic rings. The van der Waals surface area contributed by atoms with Gasteiger partial charge in [0.2, 0.25) is 27.0 Å². The zero-order valence-corrected chi connectivity index (χ0v) is 20.5. The largest absolute Gasteiger partial charge is 0.493 e. The van der Waals surface area contributed by atoms with Crippen LogP contribution in [0.5, 0.6) is 11.5 Å². The van der Waals surface area contributed by atoms with Gasteiger partial charge >= 0.3 is 0 Å². The van der Waals surface area contributed by atoms with E-state index in [1.165, 1.54) is 18.8 Å². The van der Waals surface area contributed by atoms with Crippen molar-refractivity contribution in [2.75, 3.05) is 51.7 Å². The van der Waals surface area contributed by atoms with Crippen molar-refractivity contribution in [3.05, 3.63) is 23.8 Å².